The monoisotopic (exact) mass is 398 g/mol. The Morgan fingerprint density at radius 2 is 2.18 bits per heavy atom. The van der Waals surface area contributed by atoms with Gasteiger partial charge in [0, 0.05) is 24.7 Å². The van der Waals surface area contributed by atoms with Gasteiger partial charge in [-0.3, -0.25) is 14.7 Å². The second-order valence-electron chi connectivity index (χ2n) is 6.93. The number of piperidine rings is 1. The van der Waals surface area contributed by atoms with Crippen molar-refractivity contribution in [2.45, 2.75) is 31.7 Å². The third-order valence-corrected chi connectivity index (χ3v) is 5.79. The van der Waals surface area contributed by atoms with Crippen LogP contribution in [0, 0.1) is 0 Å². The molecule has 1 saturated heterocycles. The maximum Gasteiger partial charge on any atom is 0.272 e. The molecule has 146 valence electrons. The molecule has 8 heteroatoms. The van der Waals surface area contributed by atoms with Crippen LogP contribution in [0.5, 0.6) is 0 Å². The van der Waals surface area contributed by atoms with Gasteiger partial charge in [0.1, 0.15) is 11.5 Å². The van der Waals surface area contributed by atoms with Crippen LogP contribution >= 0.6 is 11.3 Å². The Labute approximate surface area is 166 Å². The number of nitrogens with zero attached hydrogens (tertiary/aromatic N) is 2. The lowest BCUT2D eigenvalue weighted by atomic mass is 9.93. The highest BCUT2D eigenvalue weighted by molar-refractivity contribution is 7.08. The van der Waals surface area contributed by atoms with Crippen LogP contribution in [-0.4, -0.2) is 40.0 Å². The van der Waals surface area contributed by atoms with Crippen molar-refractivity contribution >= 4 is 23.2 Å². The van der Waals surface area contributed by atoms with Crippen molar-refractivity contribution < 1.29 is 14.0 Å². The van der Waals surface area contributed by atoms with Crippen molar-refractivity contribution in [3.05, 3.63) is 64.0 Å². The maximum absolute atomic E-state index is 12.4. The second kappa shape index (κ2) is 8.43. The third kappa shape index (κ3) is 4.33. The van der Waals surface area contributed by atoms with Crippen LogP contribution in [0.1, 0.15) is 46.3 Å². The normalized spacial score (nSPS) is 14.9. The number of likely N-dealkylation sites (tertiary alicyclic amines) is 1. The zero-order chi connectivity index (χ0) is 19.3. The number of carbonyl (C=O) groups is 2. The predicted octanol–water partition coefficient (Wildman–Crippen LogP) is 2.94. The van der Waals surface area contributed by atoms with Gasteiger partial charge in [0.15, 0.2) is 0 Å². The summed E-state index contributed by atoms with van der Waals surface area (Å²) in [6, 6.07) is 7.40. The smallest absolute Gasteiger partial charge is 0.272 e. The van der Waals surface area contributed by atoms with Crippen LogP contribution in [-0.2, 0) is 17.8 Å². The minimum atomic E-state index is -0.234. The number of aromatic amines is 1. The van der Waals surface area contributed by atoms with E-state index in [1.165, 1.54) is 0 Å². The van der Waals surface area contributed by atoms with E-state index in [-0.39, 0.29) is 17.7 Å². The van der Waals surface area contributed by atoms with Crippen LogP contribution in [0.4, 0.5) is 0 Å². The van der Waals surface area contributed by atoms with Crippen molar-refractivity contribution in [1.29, 1.82) is 0 Å². The number of rotatable bonds is 6. The number of nitrogens with one attached hydrogen (secondary N) is 2. The number of carbonyl (C=O) groups excluding carboxylic acids is 2. The number of amides is 2. The summed E-state index contributed by atoms with van der Waals surface area (Å²) in [5.41, 5.74) is 2.40. The predicted molar refractivity (Wildman–Crippen MR) is 105 cm³/mol. The lowest BCUT2D eigenvalue weighted by Crippen LogP contribution is -2.38. The molecule has 4 heterocycles. The molecule has 0 saturated carbocycles. The summed E-state index contributed by atoms with van der Waals surface area (Å²) in [7, 11) is 0. The van der Waals surface area contributed by atoms with Crippen LogP contribution < -0.4 is 5.32 Å². The Hall–Kier alpha value is -2.87. The number of hydrogen-bond donors (Lipinski definition) is 2. The summed E-state index contributed by atoms with van der Waals surface area (Å²) in [4.78, 5) is 26.6. The fourth-order valence-corrected chi connectivity index (χ4v) is 4.12. The molecule has 1 fully saturated rings. The van der Waals surface area contributed by atoms with Crippen molar-refractivity contribution in [2.75, 3.05) is 13.1 Å². The summed E-state index contributed by atoms with van der Waals surface area (Å²) in [5, 5.41) is 14.0. The molecular weight excluding hydrogens is 376 g/mol. The summed E-state index contributed by atoms with van der Waals surface area (Å²) >= 11 is 1.61. The first-order valence-corrected chi connectivity index (χ1v) is 10.3. The van der Waals surface area contributed by atoms with Gasteiger partial charge < -0.3 is 14.6 Å². The summed E-state index contributed by atoms with van der Waals surface area (Å²) in [5.74, 6) is 0.926. The van der Waals surface area contributed by atoms with Gasteiger partial charge in [0.2, 0.25) is 5.91 Å². The molecule has 0 unspecified atom stereocenters. The van der Waals surface area contributed by atoms with Gasteiger partial charge in [-0.25, -0.2) is 0 Å². The van der Waals surface area contributed by atoms with E-state index < -0.39 is 0 Å². The quantitative estimate of drug-likeness (QED) is 0.668. The minimum absolute atomic E-state index is 0.180. The lowest BCUT2D eigenvalue weighted by molar-refractivity contribution is -0.131. The zero-order valence-electron chi connectivity index (χ0n) is 15.4. The van der Waals surface area contributed by atoms with Crippen LogP contribution in [0.3, 0.4) is 0 Å². The van der Waals surface area contributed by atoms with Crippen LogP contribution in [0.25, 0.3) is 0 Å². The van der Waals surface area contributed by atoms with Gasteiger partial charge in [-0.05, 0) is 53.4 Å². The molecule has 0 atom stereocenters. The van der Waals surface area contributed by atoms with Crippen molar-refractivity contribution in [2.24, 2.45) is 0 Å². The lowest BCUT2D eigenvalue weighted by Gasteiger charge is -2.31. The molecule has 28 heavy (non-hydrogen) atoms. The number of hydrogen-bond acceptors (Lipinski definition) is 5. The first-order valence-electron chi connectivity index (χ1n) is 9.34. The first kappa shape index (κ1) is 18.5. The molecule has 1 aliphatic heterocycles. The zero-order valence-corrected chi connectivity index (χ0v) is 16.2. The van der Waals surface area contributed by atoms with Crippen molar-refractivity contribution in [3.8, 4) is 0 Å². The molecule has 3 aromatic heterocycles. The Kier molecular flexibility index (Phi) is 5.57. The highest BCUT2D eigenvalue weighted by Gasteiger charge is 2.25. The largest absolute Gasteiger partial charge is 0.467 e. The van der Waals surface area contributed by atoms with Crippen molar-refractivity contribution in [1.82, 2.24) is 20.4 Å². The number of thiophene rings is 1. The van der Waals surface area contributed by atoms with E-state index >= 15 is 0 Å². The molecule has 3 aromatic rings. The van der Waals surface area contributed by atoms with E-state index in [1.807, 2.05) is 33.9 Å². The fraction of sp³-hybridized carbons (Fsp3) is 0.350. The Balaban J connectivity index is 1.28. The molecule has 0 radical (unpaired) electrons. The molecule has 1 aliphatic rings. The van der Waals surface area contributed by atoms with E-state index in [9.17, 15) is 9.59 Å². The van der Waals surface area contributed by atoms with Gasteiger partial charge in [0.25, 0.3) is 5.91 Å². The minimum Gasteiger partial charge on any atom is -0.467 e. The van der Waals surface area contributed by atoms with Gasteiger partial charge in [-0.1, -0.05) is 0 Å². The van der Waals surface area contributed by atoms with Crippen molar-refractivity contribution in [3.63, 3.8) is 0 Å². The standard InChI is InChI=1S/C20H22N4O3S/c25-19(10-14-5-9-28-13-14)24-6-3-15(4-7-24)17-11-18(23-22-17)20(26)21-12-16-2-1-8-27-16/h1-2,5,8-9,11,13,15H,3-4,6-7,10,12H2,(H,21,26)(H,22,23). The third-order valence-electron chi connectivity index (χ3n) is 5.06. The average molecular weight is 398 g/mol. The molecule has 0 aliphatic carbocycles. The molecular formula is C20H22N4O3S. The van der Waals surface area contributed by atoms with E-state index in [4.69, 9.17) is 4.42 Å². The molecule has 0 spiro atoms. The highest BCUT2D eigenvalue weighted by Crippen LogP contribution is 2.27. The van der Waals surface area contributed by atoms with Gasteiger partial charge in [0.05, 0.1) is 19.2 Å². The summed E-state index contributed by atoms with van der Waals surface area (Å²) in [6.45, 7) is 1.79. The van der Waals surface area contributed by atoms with Crippen LogP contribution in [0.2, 0.25) is 0 Å². The highest BCUT2D eigenvalue weighted by atomic mass is 32.1. The number of furan rings is 1. The second-order valence-corrected chi connectivity index (χ2v) is 7.71. The fourth-order valence-electron chi connectivity index (χ4n) is 3.45. The molecule has 0 aromatic carbocycles. The Bertz CT molecular complexity index is 909. The molecule has 0 bridgehead atoms. The van der Waals surface area contributed by atoms with E-state index in [0.717, 1.165) is 37.2 Å². The van der Waals surface area contributed by atoms with E-state index in [2.05, 4.69) is 15.5 Å². The van der Waals surface area contributed by atoms with Gasteiger partial charge in [-0.15, -0.1) is 0 Å². The van der Waals surface area contributed by atoms with Gasteiger partial charge in [-0.2, -0.15) is 16.4 Å². The molecule has 2 amide bonds. The maximum atomic E-state index is 12.4. The summed E-state index contributed by atoms with van der Waals surface area (Å²) in [6.07, 6.45) is 3.78. The number of aromatic nitrogens is 2. The Morgan fingerprint density at radius 1 is 1.32 bits per heavy atom. The topological polar surface area (TPSA) is 91.2 Å². The first-order chi connectivity index (χ1) is 13.7. The van der Waals surface area contributed by atoms with E-state index in [1.54, 1.807) is 23.7 Å². The Morgan fingerprint density at radius 3 is 2.89 bits per heavy atom. The molecule has 2 N–H and O–H groups in total. The average Bonchev–Trinajstić information content (AvgIpc) is 3.48. The van der Waals surface area contributed by atoms with Crippen LogP contribution in [0.15, 0.2) is 45.7 Å². The summed E-state index contributed by atoms with van der Waals surface area (Å²) < 4.78 is 5.21. The van der Waals surface area contributed by atoms with Gasteiger partial charge >= 0.3 is 0 Å². The van der Waals surface area contributed by atoms with E-state index in [0.29, 0.717) is 24.4 Å². The molecule has 7 nitrogen and oxygen atoms in total. The SMILES string of the molecule is O=C(NCc1ccco1)c1cc(C2CCN(C(=O)Cc3ccsc3)CC2)[nH]n1. The number of H-pyrrole nitrogens is 1. The molecule has 4 rings (SSSR count).